The molecule has 1 saturated heterocycles. The van der Waals surface area contributed by atoms with E-state index in [4.69, 9.17) is 0 Å². The Hall–Kier alpha value is -2.32. The number of fused-ring (bicyclic) bond motifs is 1. The number of para-hydroxylation sites is 2. The Labute approximate surface area is 136 Å². The van der Waals surface area contributed by atoms with Crippen LogP contribution in [0.25, 0.3) is 16.6 Å². The van der Waals surface area contributed by atoms with Gasteiger partial charge in [0.25, 0.3) is 0 Å². The van der Waals surface area contributed by atoms with Crippen LogP contribution >= 0.6 is 0 Å². The molecule has 1 aromatic heterocycles. The lowest BCUT2D eigenvalue weighted by atomic mass is 9.92. The van der Waals surface area contributed by atoms with Crippen molar-refractivity contribution in [3.05, 3.63) is 35.8 Å². The SMILES string of the molecule is C[C@H]1C[C@H](C)C[NH+](C/C(O)=C(\C#N)c2nc3ccccc3[nH]2)C1. The molecule has 0 amide bonds. The van der Waals surface area contributed by atoms with Gasteiger partial charge < -0.3 is 15.0 Å². The summed E-state index contributed by atoms with van der Waals surface area (Å²) < 4.78 is 0. The van der Waals surface area contributed by atoms with E-state index in [0.29, 0.717) is 24.2 Å². The summed E-state index contributed by atoms with van der Waals surface area (Å²) in [5.74, 6) is 1.88. The zero-order chi connectivity index (χ0) is 16.4. The number of aromatic nitrogens is 2. The number of aromatic amines is 1. The van der Waals surface area contributed by atoms with Crippen molar-refractivity contribution in [3.8, 4) is 6.07 Å². The number of imidazole rings is 1. The Morgan fingerprint density at radius 2 is 2.04 bits per heavy atom. The van der Waals surface area contributed by atoms with Gasteiger partial charge in [0, 0.05) is 11.8 Å². The number of aliphatic hydroxyl groups excluding tert-OH is 1. The number of aliphatic hydroxyl groups is 1. The molecule has 120 valence electrons. The van der Waals surface area contributed by atoms with Crippen molar-refractivity contribution in [3.63, 3.8) is 0 Å². The predicted molar refractivity (Wildman–Crippen MR) is 89.8 cm³/mol. The molecular formula is C18H23N4O+. The average molecular weight is 311 g/mol. The molecule has 1 fully saturated rings. The van der Waals surface area contributed by atoms with Crippen molar-refractivity contribution in [2.75, 3.05) is 19.6 Å². The first-order chi connectivity index (χ1) is 11.1. The molecule has 1 aromatic carbocycles. The van der Waals surface area contributed by atoms with Crippen LogP contribution in [-0.4, -0.2) is 34.7 Å². The molecule has 3 rings (SSSR count). The number of quaternary nitrogens is 1. The van der Waals surface area contributed by atoms with E-state index in [-0.39, 0.29) is 11.3 Å². The van der Waals surface area contributed by atoms with Gasteiger partial charge in [0.1, 0.15) is 18.2 Å². The van der Waals surface area contributed by atoms with Crippen molar-refractivity contribution in [2.45, 2.75) is 20.3 Å². The number of hydrogen-bond donors (Lipinski definition) is 3. The van der Waals surface area contributed by atoms with Crippen LogP contribution in [0, 0.1) is 23.2 Å². The van der Waals surface area contributed by atoms with E-state index >= 15 is 0 Å². The second kappa shape index (κ2) is 6.43. The number of nitriles is 1. The lowest BCUT2D eigenvalue weighted by Crippen LogP contribution is -3.14. The number of H-pyrrole nitrogens is 1. The van der Waals surface area contributed by atoms with Gasteiger partial charge in [-0.2, -0.15) is 5.26 Å². The Kier molecular flexibility index (Phi) is 4.35. The molecule has 0 radical (unpaired) electrons. The monoisotopic (exact) mass is 311 g/mol. The summed E-state index contributed by atoms with van der Waals surface area (Å²) in [6, 6.07) is 9.74. The van der Waals surface area contributed by atoms with Crippen LogP contribution < -0.4 is 4.90 Å². The fourth-order valence-electron chi connectivity index (χ4n) is 3.72. The Balaban J connectivity index is 1.85. The summed E-state index contributed by atoms with van der Waals surface area (Å²) >= 11 is 0. The van der Waals surface area contributed by atoms with Crippen LogP contribution in [0.15, 0.2) is 30.0 Å². The summed E-state index contributed by atoms with van der Waals surface area (Å²) in [5, 5.41) is 20.0. The molecule has 1 aliphatic rings. The first kappa shape index (κ1) is 15.6. The topological polar surface area (TPSA) is 77.1 Å². The third-order valence-electron chi connectivity index (χ3n) is 4.52. The van der Waals surface area contributed by atoms with Crippen molar-refractivity contribution in [2.24, 2.45) is 11.8 Å². The van der Waals surface area contributed by atoms with Gasteiger partial charge in [-0.25, -0.2) is 4.98 Å². The van der Waals surface area contributed by atoms with Gasteiger partial charge in [-0.05, 0) is 18.6 Å². The summed E-state index contributed by atoms with van der Waals surface area (Å²) in [6.07, 6.45) is 1.24. The number of allylic oxidation sites excluding steroid dienone is 1. The van der Waals surface area contributed by atoms with Crippen molar-refractivity contribution in [1.29, 1.82) is 5.26 Å². The molecule has 2 atom stereocenters. The molecule has 0 bridgehead atoms. The van der Waals surface area contributed by atoms with Crippen LogP contribution in [0.4, 0.5) is 0 Å². The molecule has 0 saturated carbocycles. The van der Waals surface area contributed by atoms with E-state index in [0.717, 1.165) is 24.1 Å². The van der Waals surface area contributed by atoms with Gasteiger partial charge in [0.15, 0.2) is 11.6 Å². The Bertz CT molecular complexity index is 728. The summed E-state index contributed by atoms with van der Waals surface area (Å²) in [6.45, 7) is 7.05. The number of rotatable bonds is 3. The molecule has 23 heavy (non-hydrogen) atoms. The Morgan fingerprint density at radius 3 is 2.70 bits per heavy atom. The number of likely N-dealkylation sites (tertiary alicyclic amines) is 1. The van der Waals surface area contributed by atoms with Crippen molar-refractivity contribution in [1.82, 2.24) is 9.97 Å². The smallest absolute Gasteiger partial charge is 0.169 e. The molecular weight excluding hydrogens is 288 g/mol. The minimum absolute atomic E-state index is 0.128. The van der Waals surface area contributed by atoms with Gasteiger partial charge in [-0.1, -0.05) is 26.0 Å². The highest BCUT2D eigenvalue weighted by atomic mass is 16.3. The maximum Gasteiger partial charge on any atom is 0.169 e. The summed E-state index contributed by atoms with van der Waals surface area (Å²) in [5.41, 5.74) is 1.92. The van der Waals surface area contributed by atoms with E-state index < -0.39 is 0 Å². The second-order valence-corrected chi connectivity index (χ2v) is 6.82. The predicted octanol–water partition coefficient (Wildman–Crippen LogP) is 1.92. The lowest BCUT2D eigenvalue weighted by Gasteiger charge is -2.31. The molecule has 5 heteroatoms. The normalized spacial score (nSPS) is 25.9. The number of nitrogens with zero attached hydrogens (tertiary/aromatic N) is 2. The lowest BCUT2D eigenvalue weighted by molar-refractivity contribution is -0.908. The maximum atomic E-state index is 10.5. The standard InChI is InChI=1S/C18H22N4O/c1-12-7-13(2)10-22(9-12)11-17(23)14(8-19)18-20-15-5-3-4-6-16(15)21-18/h3-6,12-13,23H,7,9-11H2,1-2H3,(H,20,21)/p+1/b17-14-/t12-,13-/m0/s1. The summed E-state index contributed by atoms with van der Waals surface area (Å²) in [4.78, 5) is 8.88. The quantitative estimate of drug-likeness (QED) is 0.598. The minimum Gasteiger partial charge on any atom is -0.506 e. The summed E-state index contributed by atoms with van der Waals surface area (Å²) in [7, 11) is 0. The largest absolute Gasteiger partial charge is 0.506 e. The Morgan fingerprint density at radius 1 is 1.35 bits per heavy atom. The fraction of sp³-hybridized carbons (Fsp3) is 0.444. The molecule has 3 N–H and O–H groups in total. The zero-order valence-electron chi connectivity index (χ0n) is 13.6. The van der Waals surface area contributed by atoms with Crippen molar-refractivity contribution >= 4 is 16.6 Å². The van der Waals surface area contributed by atoms with Gasteiger partial charge in [0.2, 0.25) is 0 Å². The zero-order valence-corrected chi connectivity index (χ0v) is 13.6. The average Bonchev–Trinajstić information content (AvgIpc) is 2.90. The van der Waals surface area contributed by atoms with Gasteiger partial charge in [0.05, 0.1) is 24.1 Å². The van der Waals surface area contributed by atoms with Crippen LogP contribution in [0.5, 0.6) is 0 Å². The van der Waals surface area contributed by atoms with Gasteiger partial charge in [-0.15, -0.1) is 0 Å². The number of nitrogens with one attached hydrogen (secondary N) is 2. The van der Waals surface area contributed by atoms with E-state index in [1.165, 1.54) is 11.3 Å². The fourth-order valence-corrected chi connectivity index (χ4v) is 3.72. The van der Waals surface area contributed by atoms with E-state index in [1.807, 2.05) is 24.3 Å². The number of piperidine rings is 1. The maximum absolute atomic E-state index is 10.5. The highest BCUT2D eigenvalue weighted by molar-refractivity contribution is 5.82. The van der Waals surface area contributed by atoms with E-state index in [9.17, 15) is 10.4 Å². The van der Waals surface area contributed by atoms with Gasteiger partial charge in [-0.3, -0.25) is 0 Å². The third kappa shape index (κ3) is 3.38. The molecule has 0 spiro atoms. The number of benzene rings is 1. The number of hydrogen-bond acceptors (Lipinski definition) is 3. The molecule has 0 unspecified atom stereocenters. The first-order valence-corrected chi connectivity index (χ1v) is 8.17. The van der Waals surface area contributed by atoms with Gasteiger partial charge >= 0.3 is 0 Å². The minimum atomic E-state index is 0.128. The van der Waals surface area contributed by atoms with Crippen LogP contribution in [-0.2, 0) is 0 Å². The molecule has 0 aliphatic carbocycles. The van der Waals surface area contributed by atoms with Crippen LogP contribution in [0.3, 0.4) is 0 Å². The van der Waals surface area contributed by atoms with Crippen LogP contribution in [0.1, 0.15) is 26.1 Å². The van der Waals surface area contributed by atoms with E-state index in [2.05, 4.69) is 29.9 Å². The van der Waals surface area contributed by atoms with Crippen LogP contribution in [0.2, 0.25) is 0 Å². The van der Waals surface area contributed by atoms with Crippen molar-refractivity contribution < 1.29 is 10.0 Å². The third-order valence-corrected chi connectivity index (χ3v) is 4.52. The van der Waals surface area contributed by atoms with E-state index in [1.54, 1.807) is 0 Å². The highest BCUT2D eigenvalue weighted by Crippen LogP contribution is 2.18. The second-order valence-electron chi connectivity index (χ2n) is 6.82. The molecule has 5 nitrogen and oxygen atoms in total. The highest BCUT2D eigenvalue weighted by Gasteiger charge is 2.27. The molecule has 1 aliphatic heterocycles. The molecule has 2 heterocycles. The first-order valence-electron chi connectivity index (χ1n) is 8.17. The molecule has 2 aromatic rings.